The summed E-state index contributed by atoms with van der Waals surface area (Å²) in [5, 5.41) is 5.58. The number of amides is 2. The maximum atomic E-state index is 13.0. The third-order valence-corrected chi connectivity index (χ3v) is 7.38. The summed E-state index contributed by atoms with van der Waals surface area (Å²) in [6.07, 6.45) is -0.530. The van der Waals surface area contributed by atoms with Gasteiger partial charge in [0.15, 0.2) is 0 Å². The molecule has 1 atom stereocenters. The molecule has 0 fully saturated rings. The van der Waals surface area contributed by atoms with Gasteiger partial charge in [-0.3, -0.25) is 10.1 Å². The molecule has 2 N–H and O–H groups in total. The van der Waals surface area contributed by atoms with Gasteiger partial charge in [0.2, 0.25) is 5.88 Å². The number of anilines is 1. The van der Waals surface area contributed by atoms with Crippen molar-refractivity contribution in [1.29, 1.82) is 0 Å². The molecule has 224 valence electrons. The minimum absolute atomic E-state index is 0.00845. The Hall–Kier alpha value is -4.77. The second-order valence-electron chi connectivity index (χ2n) is 11.0. The number of ether oxygens (including phenoxy) is 1. The average molecular weight is 603 g/mol. The first-order chi connectivity index (χ1) is 20.2. The number of benzene rings is 3. The van der Waals surface area contributed by atoms with Crippen LogP contribution in [0.5, 0.6) is 5.88 Å². The van der Waals surface area contributed by atoms with Crippen LogP contribution in [0.4, 0.5) is 10.5 Å². The van der Waals surface area contributed by atoms with E-state index in [1.54, 1.807) is 71.0 Å². The Kier molecular flexibility index (Phi) is 9.15. The van der Waals surface area contributed by atoms with E-state index >= 15 is 0 Å². The summed E-state index contributed by atoms with van der Waals surface area (Å²) in [5.74, 6) is -0.174. The monoisotopic (exact) mass is 602 g/mol. The number of aryl methyl sites for hydroxylation is 2. The molecule has 0 bridgehead atoms. The summed E-state index contributed by atoms with van der Waals surface area (Å²) < 4.78 is 36.0. The lowest BCUT2D eigenvalue weighted by Gasteiger charge is -2.19. The highest BCUT2D eigenvalue weighted by Gasteiger charge is 2.21. The third-order valence-electron chi connectivity index (χ3n) is 6.14. The van der Waals surface area contributed by atoms with Crippen molar-refractivity contribution in [2.45, 2.75) is 58.1 Å². The Morgan fingerprint density at radius 1 is 0.837 bits per heavy atom. The topological polar surface area (TPSA) is 137 Å². The Morgan fingerprint density at radius 3 is 2.00 bits per heavy atom. The Bertz CT molecular complexity index is 1710. The van der Waals surface area contributed by atoms with Crippen LogP contribution in [0.1, 0.15) is 61.2 Å². The summed E-state index contributed by atoms with van der Waals surface area (Å²) >= 11 is 0. The standard InChI is InChI=1S/C32H34N4O6S/c1-20-7-17-27(18-8-20)43(39,40)42-29-19-28(34-22(3)35-29)21(2)33-30(37)25-11-9-23(10-12-25)24-13-15-26(16-14-24)36-31(38)41-32(4,5)6/h7-19,21H,1-6H3,(H,33,37)(H,36,38)/t21-/m0/s1. The van der Waals surface area contributed by atoms with Gasteiger partial charge < -0.3 is 14.2 Å². The van der Waals surface area contributed by atoms with E-state index in [0.29, 0.717) is 22.8 Å². The van der Waals surface area contributed by atoms with Crippen molar-refractivity contribution in [3.63, 3.8) is 0 Å². The molecule has 1 heterocycles. The molecular weight excluding hydrogens is 568 g/mol. The molecule has 10 nitrogen and oxygen atoms in total. The SMILES string of the molecule is Cc1ccc(S(=O)(=O)Oc2cc([C@H](C)NC(=O)c3ccc(-c4ccc(NC(=O)OC(C)(C)C)cc4)cc3)nc(C)n2)cc1. The first-order valence-corrected chi connectivity index (χ1v) is 15.0. The zero-order valence-electron chi connectivity index (χ0n) is 24.8. The summed E-state index contributed by atoms with van der Waals surface area (Å²) in [7, 11) is -4.10. The van der Waals surface area contributed by atoms with Gasteiger partial charge in [0, 0.05) is 17.3 Å². The number of carbonyl (C=O) groups is 2. The van der Waals surface area contributed by atoms with E-state index in [9.17, 15) is 18.0 Å². The van der Waals surface area contributed by atoms with Crippen LogP contribution in [0.25, 0.3) is 11.1 Å². The van der Waals surface area contributed by atoms with Gasteiger partial charge in [-0.2, -0.15) is 13.4 Å². The molecular formula is C32H34N4O6S. The van der Waals surface area contributed by atoms with Crippen molar-refractivity contribution >= 4 is 27.8 Å². The molecule has 0 aliphatic carbocycles. The fourth-order valence-corrected chi connectivity index (χ4v) is 4.90. The molecule has 4 rings (SSSR count). The average Bonchev–Trinajstić information content (AvgIpc) is 2.92. The van der Waals surface area contributed by atoms with E-state index in [1.807, 2.05) is 31.2 Å². The third kappa shape index (κ3) is 8.62. The predicted molar refractivity (Wildman–Crippen MR) is 163 cm³/mol. The number of carbonyl (C=O) groups excluding carboxylic acids is 2. The van der Waals surface area contributed by atoms with Gasteiger partial charge in [0.25, 0.3) is 5.91 Å². The Balaban J connectivity index is 1.40. The van der Waals surface area contributed by atoms with Crippen LogP contribution in [-0.2, 0) is 14.9 Å². The van der Waals surface area contributed by atoms with Crippen molar-refractivity contribution in [3.8, 4) is 17.0 Å². The Labute approximate surface area is 251 Å². The predicted octanol–water partition coefficient (Wildman–Crippen LogP) is 6.37. The highest BCUT2D eigenvalue weighted by molar-refractivity contribution is 7.87. The summed E-state index contributed by atoms with van der Waals surface area (Å²) in [6, 6.07) is 21.5. The molecule has 0 aliphatic rings. The molecule has 3 aromatic carbocycles. The molecule has 0 unspecified atom stereocenters. The van der Waals surface area contributed by atoms with Crippen LogP contribution in [0.15, 0.2) is 83.8 Å². The maximum absolute atomic E-state index is 13.0. The van der Waals surface area contributed by atoms with E-state index in [2.05, 4.69) is 20.6 Å². The zero-order chi connectivity index (χ0) is 31.4. The quantitative estimate of drug-likeness (QED) is 0.222. The fraction of sp³-hybridized carbons (Fsp3) is 0.250. The molecule has 0 aliphatic heterocycles. The number of aromatic nitrogens is 2. The van der Waals surface area contributed by atoms with Crippen LogP contribution in [0, 0.1) is 13.8 Å². The van der Waals surface area contributed by atoms with Crippen LogP contribution >= 0.6 is 0 Å². The molecule has 11 heteroatoms. The minimum Gasteiger partial charge on any atom is -0.444 e. The molecule has 0 saturated carbocycles. The number of nitrogens with one attached hydrogen (secondary N) is 2. The normalized spacial score (nSPS) is 12.2. The van der Waals surface area contributed by atoms with E-state index in [4.69, 9.17) is 8.92 Å². The lowest BCUT2D eigenvalue weighted by Crippen LogP contribution is -2.27. The van der Waals surface area contributed by atoms with Gasteiger partial charge in [-0.15, -0.1) is 0 Å². The van der Waals surface area contributed by atoms with Crippen LogP contribution in [0.3, 0.4) is 0 Å². The van der Waals surface area contributed by atoms with Crippen molar-refractivity contribution in [2.24, 2.45) is 0 Å². The number of hydrogen-bond acceptors (Lipinski definition) is 8. The molecule has 0 radical (unpaired) electrons. The zero-order valence-corrected chi connectivity index (χ0v) is 25.7. The van der Waals surface area contributed by atoms with E-state index < -0.39 is 27.9 Å². The largest absolute Gasteiger partial charge is 0.444 e. The van der Waals surface area contributed by atoms with Crippen molar-refractivity contribution < 1.29 is 26.9 Å². The van der Waals surface area contributed by atoms with Gasteiger partial charge in [0.1, 0.15) is 16.3 Å². The van der Waals surface area contributed by atoms with Gasteiger partial charge >= 0.3 is 16.2 Å². The van der Waals surface area contributed by atoms with E-state index in [1.165, 1.54) is 18.2 Å². The fourth-order valence-electron chi connectivity index (χ4n) is 4.03. The lowest BCUT2D eigenvalue weighted by molar-refractivity contribution is 0.0635. The smallest absolute Gasteiger partial charge is 0.412 e. The maximum Gasteiger partial charge on any atom is 0.412 e. The lowest BCUT2D eigenvalue weighted by atomic mass is 10.0. The summed E-state index contributed by atoms with van der Waals surface area (Å²) in [5.41, 5.74) is 3.54. The first kappa shape index (κ1) is 31.2. The van der Waals surface area contributed by atoms with Gasteiger partial charge in [0.05, 0.1) is 11.7 Å². The molecule has 0 spiro atoms. The number of nitrogens with zero attached hydrogens (tertiary/aromatic N) is 2. The van der Waals surface area contributed by atoms with Crippen LogP contribution < -0.4 is 14.8 Å². The second-order valence-corrected chi connectivity index (χ2v) is 12.6. The van der Waals surface area contributed by atoms with Crippen molar-refractivity contribution in [2.75, 3.05) is 5.32 Å². The molecule has 0 saturated heterocycles. The second kappa shape index (κ2) is 12.6. The molecule has 1 aromatic heterocycles. The van der Waals surface area contributed by atoms with E-state index in [-0.39, 0.29) is 16.7 Å². The van der Waals surface area contributed by atoms with Gasteiger partial charge in [-0.25, -0.2) is 9.78 Å². The summed E-state index contributed by atoms with van der Waals surface area (Å²) in [6.45, 7) is 10.6. The molecule has 43 heavy (non-hydrogen) atoms. The summed E-state index contributed by atoms with van der Waals surface area (Å²) in [4.78, 5) is 33.5. The first-order valence-electron chi connectivity index (χ1n) is 13.6. The van der Waals surface area contributed by atoms with Crippen LogP contribution in [0.2, 0.25) is 0 Å². The number of rotatable bonds is 8. The Morgan fingerprint density at radius 2 is 1.42 bits per heavy atom. The van der Waals surface area contributed by atoms with E-state index in [0.717, 1.165) is 16.7 Å². The van der Waals surface area contributed by atoms with Crippen LogP contribution in [-0.4, -0.2) is 36.0 Å². The van der Waals surface area contributed by atoms with Gasteiger partial charge in [-0.05, 0) is 89.1 Å². The number of hydrogen-bond donors (Lipinski definition) is 2. The minimum atomic E-state index is -4.10. The van der Waals surface area contributed by atoms with Gasteiger partial charge in [-0.1, -0.05) is 42.0 Å². The van der Waals surface area contributed by atoms with Crippen molar-refractivity contribution in [3.05, 3.63) is 102 Å². The molecule has 4 aromatic rings. The molecule has 2 amide bonds. The highest BCUT2D eigenvalue weighted by atomic mass is 32.2. The highest BCUT2D eigenvalue weighted by Crippen LogP contribution is 2.24. The van der Waals surface area contributed by atoms with Crippen molar-refractivity contribution in [1.82, 2.24) is 15.3 Å².